The number of carbonyl (C=O) groups is 2. The third-order valence-electron chi connectivity index (χ3n) is 7.35. The predicted octanol–water partition coefficient (Wildman–Crippen LogP) is 4.40. The maximum absolute atomic E-state index is 12.9. The van der Waals surface area contributed by atoms with Gasteiger partial charge in [0.1, 0.15) is 13.2 Å². The van der Waals surface area contributed by atoms with Crippen LogP contribution in [-0.2, 0) is 16.0 Å². The van der Waals surface area contributed by atoms with E-state index >= 15 is 0 Å². The van der Waals surface area contributed by atoms with Crippen LogP contribution in [-0.4, -0.2) is 61.0 Å². The van der Waals surface area contributed by atoms with Crippen molar-refractivity contribution in [2.24, 2.45) is 5.41 Å². The number of hydrogen-bond acceptors (Lipinski definition) is 5. The van der Waals surface area contributed by atoms with Gasteiger partial charge in [0.05, 0.1) is 0 Å². The highest BCUT2D eigenvalue weighted by atomic mass is 32.1. The highest BCUT2D eigenvalue weighted by Crippen LogP contribution is 2.40. The number of piperidine rings is 1. The van der Waals surface area contributed by atoms with E-state index in [4.69, 9.17) is 9.47 Å². The molecule has 0 atom stereocenters. The Morgan fingerprint density at radius 3 is 2.53 bits per heavy atom. The number of nitrogens with zero attached hydrogens (tertiary/aromatic N) is 2. The Morgan fingerprint density at radius 1 is 1.00 bits per heavy atom. The van der Waals surface area contributed by atoms with E-state index in [-0.39, 0.29) is 17.2 Å². The molecule has 3 aliphatic rings. The van der Waals surface area contributed by atoms with Crippen molar-refractivity contribution >= 4 is 29.2 Å². The Morgan fingerprint density at radius 2 is 1.76 bits per heavy atom. The molecule has 1 aromatic heterocycles. The van der Waals surface area contributed by atoms with Crippen LogP contribution in [0.15, 0.2) is 41.1 Å². The van der Waals surface area contributed by atoms with Gasteiger partial charge in [0, 0.05) is 38.7 Å². The molecule has 0 unspecified atom stereocenters. The van der Waals surface area contributed by atoms with Crippen molar-refractivity contribution in [2.45, 2.75) is 38.5 Å². The van der Waals surface area contributed by atoms with E-state index < -0.39 is 0 Å². The summed E-state index contributed by atoms with van der Waals surface area (Å²) in [6.07, 6.45) is 8.85. The molecule has 180 valence electrons. The molecule has 7 heteroatoms. The van der Waals surface area contributed by atoms with E-state index in [1.54, 1.807) is 17.4 Å². The van der Waals surface area contributed by atoms with E-state index in [1.807, 2.05) is 39.9 Å². The zero-order chi connectivity index (χ0) is 23.4. The molecule has 0 bridgehead atoms. The van der Waals surface area contributed by atoms with Crippen LogP contribution in [0.4, 0.5) is 0 Å². The second-order valence-corrected chi connectivity index (χ2v) is 10.4. The van der Waals surface area contributed by atoms with E-state index in [9.17, 15) is 9.59 Å². The first-order valence-electron chi connectivity index (χ1n) is 12.3. The van der Waals surface area contributed by atoms with Gasteiger partial charge in [-0.3, -0.25) is 9.59 Å². The Bertz CT molecular complexity index is 1040. The topological polar surface area (TPSA) is 59.1 Å². The smallest absolute Gasteiger partial charge is 0.246 e. The van der Waals surface area contributed by atoms with Crippen LogP contribution in [0, 0.1) is 5.41 Å². The molecule has 5 rings (SSSR count). The molecule has 2 aromatic rings. The highest BCUT2D eigenvalue weighted by Gasteiger charge is 2.42. The fourth-order valence-corrected chi connectivity index (χ4v) is 5.87. The van der Waals surface area contributed by atoms with Crippen molar-refractivity contribution in [1.29, 1.82) is 0 Å². The summed E-state index contributed by atoms with van der Waals surface area (Å²) in [4.78, 5) is 29.4. The Balaban J connectivity index is 1.06. The Labute approximate surface area is 205 Å². The molecule has 0 saturated carbocycles. The van der Waals surface area contributed by atoms with Crippen LogP contribution in [0.5, 0.6) is 11.5 Å². The molecular weight excluding hydrogens is 448 g/mol. The number of thiophene rings is 1. The fraction of sp³-hybridized carbons (Fsp3) is 0.481. The zero-order valence-corrected chi connectivity index (χ0v) is 20.4. The van der Waals surface area contributed by atoms with E-state index in [0.717, 1.165) is 75.3 Å². The number of carbonyl (C=O) groups excluding carboxylic acids is 2. The summed E-state index contributed by atoms with van der Waals surface area (Å²) in [5, 5.41) is 4.05. The number of fused-ring (bicyclic) bond motifs is 1. The zero-order valence-electron chi connectivity index (χ0n) is 19.5. The summed E-state index contributed by atoms with van der Waals surface area (Å²) < 4.78 is 11.2. The quantitative estimate of drug-likeness (QED) is 0.575. The maximum atomic E-state index is 12.9. The van der Waals surface area contributed by atoms with Crippen LogP contribution in [0.2, 0.25) is 0 Å². The van der Waals surface area contributed by atoms with Gasteiger partial charge in [-0.1, -0.05) is 6.07 Å². The third kappa shape index (κ3) is 5.30. The first-order valence-corrected chi connectivity index (χ1v) is 13.2. The first kappa shape index (κ1) is 23.0. The lowest BCUT2D eigenvalue weighted by Crippen LogP contribution is -2.44. The second-order valence-electron chi connectivity index (χ2n) is 9.61. The second kappa shape index (κ2) is 10.2. The number of ether oxygens (including phenoxy) is 2. The molecule has 0 aliphatic carbocycles. The van der Waals surface area contributed by atoms with Crippen molar-refractivity contribution in [1.82, 2.24) is 9.80 Å². The van der Waals surface area contributed by atoms with Gasteiger partial charge in [-0.2, -0.15) is 11.3 Å². The van der Waals surface area contributed by atoms with Crippen LogP contribution in [0.25, 0.3) is 6.08 Å². The van der Waals surface area contributed by atoms with Crippen molar-refractivity contribution in [2.75, 3.05) is 39.4 Å². The number of rotatable bonds is 6. The van der Waals surface area contributed by atoms with Crippen LogP contribution >= 0.6 is 11.3 Å². The highest BCUT2D eigenvalue weighted by molar-refractivity contribution is 7.08. The van der Waals surface area contributed by atoms with Gasteiger partial charge < -0.3 is 19.3 Å². The summed E-state index contributed by atoms with van der Waals surface area (Å²) in [6.45, 7) is 4.41. The fourth-order valence-electron chi connectivity index (χ4n) is 5.25. The van der Waals surface area contributed by atoms with E-state index in [0.29, 0.717) is 19.6 Å². The molecule has 2 saturated heterocycles. The number of amides is 2. The lowest BCUT2D eigenvalue weighted by atomic mass is 9.78. The maximum Gasteiger partial charge on any atom is 0.246 e. The van der Waals surface area contributed by atoms with Crippen molar-refractivity contribution in [3.05, 3.63) is 52.2 Å². The normalized spacial score (nSPS) is 19.2. The van der Waals surface area contributed by atoms with Crippen LogP contribution in [0.1, 0.15) is 43.2 Å². The third-order valence-corrected chi connectivity index (χ3v) is 8.05. The standard InChI is InChI=1S/C27H32N2O4S/c30-25(3-1-2-21-4-6-23-24(18-21)33-16-15-32-23)29-14-11-27(20-29)9-12-28(13-10-27)26(31)7-5-22-8-17-34-19-22/h4-8,17-19H,1-3,9-16,20H2. The van der Waals surface area contributed by atoms with E-state index in [1.165, 1.54) is 5.56 Å². The minimum Gasteiger partial charge on any atom is -0.486 e. The molecule has 2 fully saturated rings. The molecule has 2 amide bonds. The number of likely N-dealkylation sites (tertiary alicyclic amines) is 2. The minimum atomic E-state index is 0.0890. The number of hydrogen-bond donors (Lipinski definition) is 0. The molecule has 34 heavy (non-hydrogen) atoms. The summed E-state index contributed by atoms with van der Waals surface area (Å²) in [5.41, 5.74) is 2.44. The summed E-state index contributed by atoms with van der Waals surface area (Å²) in [5.74, 6) is 1.96. The first-order chi connectivity index (χ1) is 16.6. The van der Waals surface area contributed by atoms with Gasteiger partial charge in [-0.05, 0) is 83.7 Å². The van der Waals surface area contributed by atoms with Gasteiger partial charge in [-0.15, -0.1) is 0 Å². The van der Waals surface area contributed by atoms with E-state index in [2.05, 4.69) is 11.0 Å². The summed E-state index contributed by atoms with van der Waals surface area (Å²) in [7, 11) is 0. The summed E-state index contributed by atoms with van der Waals surface area (Å²) >= 11 is 1.63. The average molecular weight is 481 g/mol. The molecule has 0 radical (unpaired) electrons. The monoisotopic (exact) mass is 480 g/mol. The van der Waals surface area contributed by atoms with Gasteiger partial charge in [0.2, 0.25) is 11.8 Å². The van der Waals surface area contributed by atoms with Crippen molar-refractivity contribution < 1.29 is 19.1 Å². The van der Waals surface area contributed by atoms with Gasteiger partial charge in [0.25, 0.3) is 0 Å². The molecule has 6 nitrogen and oxygen atoms in total. The summed E-state index contributed by atoms with van der Waals surface area (Å²) in [6, 6.07) is 8.08. The molecule has 1 spiro atoms. The lowest BCUT2D eigenvalue weighted by molar-refractivity contribution is -0.132. The van der Waals surface area contributed by atoms with Crippen molar-refractivity contribution in [3.8, 4) is 11.5 Å². The molecular formula is C27H32N2O4S. The lowest BCUT2D eigenvalue weighted by Gasteiger charge is -2.39. The number of benzene rings is 1. The van der Waals surface area contributed by atoms with Gasteiger partial charge >= 0.3 is 0 Å². The minimum absolute atomic E-state index is 0.0890. The Hall–Kier alpha value is -2.80. The largest absolute Gasteiger partial charge is 0.486 e. The SMILES string of the molecule is O=C(C=Cc1ccsc1)N1CCC2(CC1)CCN(C(=O)CCCc1ccc3c(c1)OCCO3)C2. The molecule has 1 aromatic carbocycles. The molecule has 0 N–H and O–H groups in total. The van der Waals surface area contributed by atoms with Crippen LogP contribution in [0.3, 0.4) is 0 Å². The Kier molecular flexibility index (Phi) is 6.90. The predicted molar refractivity (Wildman–Crippen MR) is 133 cm³/mol. The number of aryl methyl sites for hydroxylation is 1. The van der Waals surface area contributed by atoms with Gasteiger partial charge in [-0.25, -0.2) is 0 Å². The molecule has 3 aliphatic heterocycles. The van der Waals surface area contributed by atoms with Crippen LogP contribution < -0.4 is 9.47 Å². The van der Waals surface area contributed by atoms with Gasteiger partial charge in [0.15, 0.2) is 11.5 Å². The average Bonchev–Trinajstić information content (AvgIpc) is 3.53. The van der Waals surface area contributed by atoms with Crippen molar-refractivity contribution in [3.63, 3.8) is 0 Å². The molecule has 4 heterocycles.